The molecule has 0 radical (unpaired) electrons. The predicted octanol–water partition coefficient (Wildman–Crippen LogP) is 2.53. The summed E-state index contributed by atoms with van der Waals surface area (Å²) in [6.07, 6.45) is 5.04. The first-order valence-electron chi connectivity index (χ1n) is 11.1. The average Bonchev–Trinajstić information content (AvgIpc) is 2.83. The number of hydrogen-bond donors (Lipinski definition) is 1. The first-order chi connectivity index (χ1) is 16.5. The Morgan fingerprint density at radius 3 is 2.24 bits per heavy atom. The molecule has 2 saturated heterocycles. The second kappa shape index (κ2) is 9.16. The molecular formula is C23H24F2N8O. The predicted molar refractivity (Wildman–Crippen MR) is 125 cm³/mol. The SMILES string of the molecule is C[C@@H]1CN(c2ccc(F)cn2)CCN1c1cnc(NC(=O)c2ccc(N3CC(F)C3)nc2)cn1. The fourth-order valence-corrected chi connectivity index (χ4v) is 4.10. The van der Waals surface area contributed by atoms with Crippen LogP contribution in [0.4, 0.5) is 32.1 Å². The first-order valence-corrected chi connectivity index (χ1v) is 11.1. The maximum atomic E-state index is 13.1. The Morgan fingerprint density at radius 2 is 1.62 bits per heavy atom. The summed E-state index contributed by atoms with van der Waals surface area (Å²) in [6, 6.07) is 6.59. The second-order valence-corrected chi connectivity index (χ2v) is 8.44. The fourth-order valence-electron chi connectivity index (χ4n) is 4.10. The van der Waals surface area contributed by atoms with Crippen LogP contribution in [0.3, 0.4) is 0 Å². The molecule has 5 heterocycles. The van der Waals surface area contributed by atoms with Gasteiger partial charge in [0.15, 0.2) is 5.82 Å². The highest BCUT2D eigenvalue weighted by Gasteiger charge is 2.27. The van der Waals surface area contributed by atoms with E-state index < -0.39 is 6.17 Å². The van der Waals surface area contributed by atoms with Crippen molar-refractivity contribution in [2.45, 2.75) is 19.1 Å². The Kier molecular flexibility index (Phi) is 5.91. The van der Waals surface area contributed by atoms with E-state index >= 15 is 0 Å². The molecule has 34 heavy (non-hydrogen) atoms. The highest BCUT2D eigenvalue weighted by molar-refractivity contribution is 6.03. The Morgan fingerprint density at radius 1 is 0.882 bits per heavy atom. The molecule has 1 atom stereocenters. The molecule has 11 heteroatoms. The van der Waals surface area contributed by atoms with Crippen LogP contribution in [-0.4, -0.2) is 70.8 Å². The van der Waals surface area contributed by atoms with Gasteiger partial charge in [-0.15, -0.1) is 0 Å². The molecule has 3 aromatic rings. The van der Waals surface area contributed by atoms with Crippen LogP contribution in [0.2, 0.25) is 0 Å². The molecule has 5 rings (SSSR count). The number of nitrogens with one attached hydrogen (secondary N) is 1. The van der Waals surface area contributed by atoms with E-state index in [2.05, 4.69) is 42.0 Å². The quantitative estimate of drug-likeness (QED) is 0.614. The zero-order valence-electron chi connectivity index (χ0n) is 18.6. The topological polar surface area (TPSA) is 90.4 Å². The number of hydrogen-bond acceptors (Lipinski definition) is 8. The molecule has 2 aliphatic rings. The molecule has 0 saturated carbocycles. The Hall–Kier alpha value is -3.89. The number of rotatable bonds is 5. The van der Waals surface area contributed by atoms with Crippen molar-refractivity contribution in [2.75, 3.05) is 52.7 Å². The van der Waals surface area contributed by atoms with Crippen LogP contribution in [0, 0.1) is 5.82 Å². The van der Waals surface area contributed by atoms with Crippen LogP contribution in [0.1, 0.15) is 17.3 Å². The zero-order valence-corrected chi connectivity index (χ0v) is 18.6. The van der Waals surface area contributed by atoms with Gasteiger partial charge in [0.05, 0.1) is 37.2 Å². The number of carbonyl (C=O) groups excluding carboxylic acids is 1. The normalized spacial score (nSPS) is 18.6. The maximum Gasteiger partial charge on any atom is 0.258 e. The molecule has 1 N–H and O–H groups in total. The van der Waals surface area contributed by atoms with Crippen molar-refractivity contribution in [2.24, 2.45) is 0 Å². The summed E-state index contributed by atoms with van der Waals surface area (Å²) in [7, 11) is 0. The molecule has 2 aliphatic heterocycles. The second-order valence-electron chi connectivity index (χ2n) is 8.44. The maximum absolute atomic E-state index is 13.1. The van der Waals surface area contributed by atoms with Gasteiger partial charge in [0, 0.05) is 31.9 Å². The van der Waals surface area contributed by atoms with Gasteiger partial charge >= 0.3 is 0 Å². The van der Waals surface area contributed by atoms with Gasteiger partial charge in [0.25, 0.3) is 5.91 Å². The van der Waals surface area contributed by atoms with Crippen molar-refractivity contribution < 1.29 is 13.6 Å². The molecule has 176 valence electrons. The third-order valence-corrected chi connectivity index (χ3v) is 6.01. The number of alkyl halides is 1. The molecule has 0 aromatic carbocycles. The van der Waals surface area contributed by atoms with E-state index in [-0.39, 0.29) is 17.8 Å². The van der Waals surface area contributed by atoms with E-state index in [4.69, 9.17) is 0 Å². The van der Waals surface area contributed by atoms with E-state index in [9.17, 15) is 13.6 Å². The van der Waals surface area contributed by atoms with Gasteiger partial charge in [-0.1, -0.05) is 0 Å². The largest absolute Gasteiger partial charge is 0.353 e. The van der Waals surface area contributed by atoms with Crippen LogP contribution < -0.4 is 20.0 Å². The molecule has 2 fully saturated rings. The number of aromatic nitrogens is 4. The van der Waals surface area contributed by atoms with Gasteiger partial charge < -0.3 is 20.0 Å². The molecule has 0 spiro atoms. The lowest BCUT2D eigenvalue weighted by molar-refractivity contribution is 0.102. The number of nitrogens with zero attached hydrogens (tertiary/aromatic N) is 7. The smallest absolute Gasteiger partial charge is 0.258 e. The minimum atomic E-state index is -0.815. The number of amides is 1. The average molecular weight is 466 g/mol. The van der Waals surface area contributed by atoms with Crippen molar-refractivity contribution in [3.05, 3.63) is 60.4 Å². The number of halogens is 2. The van der Waals surface area contributed by atoms with Gasteiger partial charge in [0.1, 0.15) is 29.4 Å². The standard InChI is InChI=1S/C23H24F2N8O/c1-15-12-31(20-5-3-17(24)9-28-20)6-7-33(15)22-11-26-19(10-29-22)30-23(34)16-2-4-21(27-8-16)32-13-18(25)14-32/h2-5,8-11,15,18H,6-7,12-14H2,1H3,(H,26,30,34)/t15-/m1/s1. The summed E-state index contributed by atoms with van der Waals surface area (Å²) in [5.41, 5.74) is 0.381. The first kappa shape index (κ1) is 21.9. The van der Waals surface area contributed by atoms with Gasteiger partial charge in [-0.05, 0) is 31.2 Å². The number of piperazine rings is 1. The Balaban J connectivity index is 1.17. The lowest BCUT2D eigenvalue weighted by Gasteiger charge is -2.40. The van der Waals surface area contributed by atoms with Crippen molar-refractivity contribution in [1.29, 1.82) is 0 Å². The molecule has 0 bridgehead atoms. The van der Waals surface area contributed by atoms with Crippen molar-refractivity contribution >= 4 is 29.2 Å². The van der Waals surface area contributed by atoms with Gasteiger partial charge in [0.2, 0.25) is 0 Å². The van der Waals surface area contributed by atoms with Crippen LogP contribution in [0.15, 0.2) is 49.1 Å². The summed E-state index contributed by atoms with van der Waals surface area (Å²) in [5.74, 6) is 1.75. The highest BCUT2D eigenvalue weighted by atomic mass is 19.1. The molecule has 9 nitrogen and oxygen atoms in total. The van der Waals surface area contributed by atoms with E-state index in [0.29, 0.717) is 49.2 Å². The minimum Gasteiger partial charge on any atom is -0.353 e. The molecular weight excluding hydrogens is 442 g/mol. The highest BCUT2D eigenvalue weighted by Crippen LogP contribution is 2.23. The van der Waals surface area contributed by atoms with Gasteiger partial charge in [-0.25, -0.2) is 28.7 Å². The van der Waals surface area contributed by atoms with Crippen LogP contribution in [0.5, 0.6) is 0 Å². The lowest BCUT2D eigenvalue weighted by Crippen LogP contribution is -2.52. The summed E-state index contributed by atoms with van der Waals surface area (Å²) >= 11 is 0. The van der Waals surface area contributed by atoms with E-state index in [1.54, 1.807) is 24.4 Å². The van der Waals surface area contributed by atoms with Crippen molar-refractivity contribution in [1.82, 2.24) is 19.9 Å². The number of pyridine rings is 2. The Labute approximate surface area is 195 Å². The van der Waals surface area contributed by atoms with Gasteiger partial charge in [-0.3, -0.25) is 4.79 Å². The summed E-state index contributed by atoms with van der Waals surface area (Å²) in [6.45, 7) is 4.88. The van der Waals surface area contributed by atoms with Crippen LogP contribution in [-0.2, 0) is 0 Å². The minimum absolute atomic E-state index is 0.138. The molecule has 1 amide bonds. The fraction of sp³-hybridized carbons (Fsp3) is 0.348. The Bertz CT molecular complexity index is 1140. The van der Waals surface area contributed by atoms with Crippen LogP contribution in [0.25, 0.3) is 0 Å². The van der Waals surface area contributed by atoms with E-state index in [1.165, 1.54) is 24.7 Å². The monoisotopic (exact) mass is 466 g/mol. The molecule has 0 aliphatic carbocycles. The third kappa shape index (κ3) is 4.59. The van der Waals surface area contributed by atoms with E-state index in [0.717, 1.165) is 12.4 Å². The van der Waals surface area contributed by atoms with Crippen LogP contribution >= 0.6 is 0 Å². The number of carbonyl (C=O) groups is 1. The summed E-state index contributed by atoms with van der Waals surface area (Å²) < 4.78 is 26.2. The third-order valence-electron chi connectivity index (χ3n) is 6.01. The van der Waals surface area contributed by atoms with Crippen molar-refractivity contribution in [3.63, 3.8) is 0 Å². The number of anilines is 4. The van der Waals surface area contributed by atoms with E-state index in [1.807, 2.05) is 4.90 Å². The molecule has 0 unspecified atom stereocenters. The lowest BCUT2D eigenvalue weighted by atomic mass is 10.2. The summed E-state index contributed by atoms with van der Waals surface area (Å²) in [5, 5.41) is 2.72. The zero-order chi connectivity index (χ0) is 23.7. The summed E-state index contributed by atoms with van der Waals surface area (Å²) in [4.78, 5) is 35.8. The van der Waals surface area contributed by atoms with Gasteiger partial charge in [-0.2, -0.15) is 0 Å². The molecule has 3 aromatic heterocycles. The van der Waals surface area contributed by atoms with Crippen molar-refractivity contribution in [3.8, 4) is 0 Å².